The van der Waals surface area contributed by atoms with Crippen molar-refractivity contribution in [2.75, 3.05) is 13.1 Å². The van der Waals surface area contributed by atoms with Crippen molar-refractivity contribution >= 4 is 21.9 Å². The molecule has 0 saturated heterocycles. The summed E-state index contributed by atoms with van der Waals surface area (Å²) in [6.07, 6.45) is 0.128. The molecule has 18 heavy (non-hydrogen) atoms. The molecule has 0 bridgehead atoms. The van der Waals surface area contributed by atoms with Crippen LogP contribution in [0.25, 0.3) is 0 Å². The van der Waals surface area contributed by atoms with Gasteiger partial charge in [0, 0.05) is 10.5 Å². The fourth-order valence-corrected chi connectivity index (χ4v) is 2.93. The Morgan fingerprint density at radius 3 is 2.44 bits per heavy atom. The number of benzene rings is 1. The molecule has 0 amide bonds. The Morgan fingerprint density at radius 1 is 1.39 bits per heavy atom. The molecule has 0 radical (unpaired) electrons. The zero-order chi connectivity index (χ0) is 13.7. The second kappa shape index (κ2) is 6.90. The molecule has 1 unspecified atom stereocenters. The predicted octanol–water partition coefficient (Wildman–Crippen LogP) is 3.62. The van der Waals surface area contributed by atoms with Crippen molar-refractivity contribution in [3.05, 3.63) is 33.8 Å². The van der Waals surface area contributed by atoms with E-state index in [1.807, 2.05) is 25.1 Å². The van der Waals surface area contributed by atoms with Gasteiger partial charge in [0.05, 0.1) is 6.42 Å². The number of rotatable bonds is 6. The molecular weight excluding hydrogens is 294 g/mol. The van der Waals surface area contributed by atoms with Crippen LogP contribution in [-0.2, 0) is 4.79 Å². The minimum Gasteiger partial charge on any atom is -0.481 e. The van der Waals surface area contributed by atoms with Crippen LogP contribution in [-0.4, -0.2) is 29.1 Å². The first-order chi connectivity index (χ1) is 8.49. The van der Waals surface area contributed by atoms with Crippen LogP contribution < -0.4 is 0 Å². The summed E-state index contributed by atoms with van der Waals surface area (Å²) in [7, 11) is 0. The summed E-state index contributed by atoms with van der Waals surface area (Å²) in [6, 6.07) is 6.00. The molecule has 0 aromatic heterocycles. The Hall–Kier alpha value is -0.870. The molecule has 0 spiro atoms. The first-order valence-corrected chi connectivity index (χ1v) is 7.00. The summed E-state index contributed by atoms with van der Waals surface area (Å²) in [5, 5.41) is 9.09. The third kappa shape index (κ3) is 3.82. The topological polar surface area (TPSA) is 40.5 Å². The molecule has 0 fully saturated rings. The largest absolute Gasteiger partial charge is 0.481 e. The molecule has 0 aliphatic heterocycles. The summed E-state index contributed by atoms with van der Waals surface area (Å²) in [4.78, 5) is 13.2. The zero-order valence-corrected chi connectivity index (χ0v) is 12.7. The molecule has 1 aromatic carbocycles. The highest BCUT2D eigenvalue weighted by atomic mass is 79.9. The average Bonchev–Trinajstić information content (AvgIpc) is 2.29. The summed E-state index contributed by atoms with van der Waals surface area (Å²) < 4.78 is 0.987. The van der Waals surface area contributed by atoms with Crippen LogP contribution in [0.3, 0.4) is 0 Å². The lowest BCUT2D eigenvalue weighted by Gasteiger charge is -2.29. The van der Waals surface area contributed by atoms with Gasteiger partial charge in [0.1, 0.15) is 0 Å². The van der Waals surface area contributed by atoms with E-state index in [4.69, 9.17) is 5.11 Å². The first kappa shape index (κ1) is 15.2. The molecular formula is C14H20BrNO2. The normalized spacial score (nSPS) is 12.7. The molecule has 1 N–H and O–H groups in total. The number of hydrogen-bond acceptors (Lipinski definition) is 2. The van der Waals surface area contributed by atoms with Gasteiger partial charge >= 0.3 is 5.97 Å². The fourth-order valence-electron chi connectivity index (χ4n) is 2.17. The van der Waals surface area contributed by atoms with Crippen molar-refractivity contribution in [3.63, 3.8) is 0 Å². The van der Waals surface area contributed by atoms with Crippen LogP contribution in [0.2, 0.25) is 0 Å². The summed E-state index contributed by atoms with van der Waals surface area (Å²) in [6.45, 7) is 7.82. The van der Waals surface area contributed by atoms with Gasteiger partial charge in [-0.15, -0.1) is 0 Å². The van der Waals surface area contributed by atoms with Crippen LogP contribution >= 0.6 is 15.9 Å². The van der Waals surface area contributed by atoms with Gasteiger partial charge in [-0.05, 0) is 37.2 Å². The first-order valence-electron chi connectivity index (χ1n) is 6.21. The van der Waals surface area contributed by atoms with E-state index in [-0.39, 0.29) is 12.5 Å². The maximum atomic E-state index is 11.1. The number of carboxylic acids is 1. The van der Waals surface area contributed by atoms with Gasteiger partial charge in [-0.25, -0.2) is 0 Å². The lowest BCUT2D eigenvalue weighted by Crippen LogP contribution is -2.30. The molecule has 0 aliphatic rings. The molecule has 1 rings (SSSR count). The van der Waals surface area contributed by atoms with Gasteiger partial charge in [0.15, 0.2) is 0 Å². The van der Waals surface area contributed by atoms with E-state index in [1.165, 1.54) is 5.56 Å². The van der Waals surface area contributed by atoms with E-state index in [1.54, 1.807) is 0 Å². The van der Waals surface area contributed by atoms with Crippen molar-refractivity contribution in [2.24, 2.45) is 0 Å². The number of carbonyl (C=O) groups is 1. The fraction of sp³-hybridized carbons (Fsp3) is 0.500. The summed E-state index contributed by atoms with van der Waals surface area (Å²) in [5.41, 5.74) is 2.21. The molecule has 0 aliphatic carbocycles. The van der Waals surface area contributed by atoms with E-state index < -0.39 is 5.97 Å². The van der Waals surface area contributed by atoms with Gasteiger partial charge < -0.3 is 5.11 Å². The van der Waals surface area contributed by atoms with Crippen LogP contribution in [0.15, 0.2) is 22.7 Å². The standard InChI is InChI=1S/C14H20BrNO2/c1-4-16(5-2)13(9-14(17)18)11-7-6-10(3)8-12(11)15/h6-8,13H,4-5,9H2,1-3H3,(H,17,18). The van der Waals surface area contributed by atoms with E-state index in [0.29, 0.717) is 0 Å². The third-order valence-electron chi connectivity index (χ3n) is 3.14. The highest BCUT2D eigenvalue weighted by Crippen LogP contribution is 2.31. The highest BCUT2D eigenvalue weighted by molar-refractivity contribution is 9.10. The molecule has 1 aromatic rings. The maximum absolute atomic E-state index is 11.1. The molecule has 100 valence electrons. The molecule has 1 atom stereocenters. The Labute approximate surface area is 117 Å². The van der Waals surface area contributed by atoms with Crippen molar-refractivity contribution < 1.29 is 9.90 Å². The highest BCUT2D eigenvalue weighted by Gasteiger charge is 2.22. The number of aliphatic carboxylic acids is 1. The van der Waals surface area contributed by atoms with E-state index in [0.717, 1.165) is 23.1 Å². The quantitative estimate of drug-likeness (QED) is 0.872. The lowest BCUT2D eigenvalue weighted by molar-refractivity contribution is -0.138. The van der Waals surface area contributed by atoms with E-state index in [2.05, 4.69) is 34.7 Å². The Kier molecular flexibility index (Phi) is 5.82. The van der Waals surface area contributed by atoms with Gasteiger partial charge in [0.2, 0.25) is 0 Å². The second-order valence-corrected chi connectivity index (χ2v) is 5.21. The number of carboxylic acid groups (broad SMARTS) is 1. The SMILES string of the molecule is CCN(CC)C(CC(=O)O)c1ccc(C)cc1Br. The number of nitrogens with zero attached hydrogens (tertiary/aromatic N) is 1. The van der Waals surface area contributed by atoms with Gasteiger partial charge in [0.25, 0.3) is 0 Å². The van der Waals surface area contributed by atoms with Crippen LogP contribution in [0, 0.1) is 6.92 Å². The molecule has 3 nitrogen and oxygen atoms in total. The van der Waals surface area contributed by atoms with Gasteiger partial charge in [-0.3, -0.25) is 9.69 Å². The van der Waals surface area contributed by atoms with Gasteiger partial charge in [-0.1, -0.05) is 41.9 Å². The Morgan fingerprint density at radius 2 is 2.00 bits per heavy atom. The molecule has 4 heteroatoms. The Bertz CT molecular complexity index is 416. The third-order valence-corrected chi connectivity index (χ3v) is 3.82. The summed E-state index contributed by atoms with van der Waals surface area (Å²) in [5.74, 6) is -0.764. The second-order valence-electron chi connectivity index (χ2n) is 4.36. The van der Waals surface area contributed by atoms with E-state index >= 15 is 0 Å². The minimum atomic E-state index is -0.764. The minimum absolute atomic E-state index is 0.0764. The maximum Gasteiger partial charge on any atom is 0.305 e. The van der Waals surface area contributed by atoms with Crippen molar-refractivity contribution in [3.8, 4) is 0 Å². The smallest absolute Gasteiger partial charge is 0.305 e. The van der Waals surface area contributed by atoms with Crippen LogP contribution in [0.5, 0.6) is 0 Å². The van der Waals surface area contributed by atoms with Crippen molar-refractivity contribution in [1.82, 2.24) is 4.90 Å². The lowest BCUT2D eigenvalue weighted by atomic mass is 10.0. The Balaban J connectivity index is 3.11. The van der Waals surface area contributed by atoms with Crippen LogP contribution in [0.4, 0.5) is 0 Å². The summed E-state index contributed by atoms with van der Waals surface area (Å²) >= 11 is 3.54. The molecule has 0 saturated carbocycles. The monoisotopic (exact) mass is 313 g/mol. The number of halogens is 1. The average molecular weight is 314 g/mol. The van der Waals surface area contributed by atoms with Gasteiger partial charge in [-0.2, -0.15) is 0 Å². The van der Waals surface area contributed by atoms with E-state index in [9.17, 15) is 4.79 Å². The predicted molar refractivity (Wildman–Crippen MR) is 76.8 cm³/mol. The van der Waals surface area contributed by atoms with Crippen LogP contribution in [0.1, 0.15) is 37.4 Å². The van der Waals surface area contributed by atoms with Crippen molar-refractivity contribution in [1.29, 1.82) is 0 Å². The number of aryl methyl sites for hydroxylation is 1. The zero-order valence-electron chi connectivity index (χ0n) is 11.1. The molecule has 0 heterocycles. The number of hydrogen-bond donors (Lipinski definition) is 1. The van der Waals surface area contributed by atoms with Crippen molar-refractivity contribution in [2.45, 2.75) is 33.2 Å².